The van der Waals surface area contributed by atoms with Crippen LogP contribution in [0, 0.1) is 47.3 Å². The molecule has 15 bridgehead atoms. The summed E-state index contributed by atoms with van der Waals surface area (Å²) in [6.07, 6.45) is -13.4. The number of ether oxygens (including phenoxy) is 5. The Kier molecular flexibility index (Phi) is 26.8. The number of rotatable bonds is 18. The van der Waals surface area contributed by atoms with Crippen molar-refractivity contribution in [2.24, 2.45) is 47.3 Å². The van der Waals surface area contributed by atoms with Crippen LogP contribution in [0.15, 0.2) is 140 Å². The lowest BCUT2D eigenvalue weighted by Crippen LogP contribution is -2.60. The summed E-state index contributed by atoms with van der Waals surface area (Å²) in [7, 11) is 0. The van der Waals surface area contributed by atoms with Crippen LogP contribution in [0.2, 0.25) is 10.0 Å². The van der Waals surface area contributed by atoms with E-state index >= 15 is 28.8 Å². The molecule has 15 N–H and O–H groups in total. The van der Waals surface area contributed by atoms with Gasteiger partial charge in [-0.1, -0.05) is 123 Å². The highest BCUT2D eigenvalue weighted by atomic mass is 35.5. The number of phenols is 3. The highest BCUT2D eigenvalue weighted by Crippen LogP contribution is 2.58. The molecule has 7 aromatic rings. The Morgan fingerprint density at radius 3 is 1.79 bits per heavy atom. The van der Waals surface area contributed by atoms with Crippen molar-refractivity contribution < 1.29 is 112 Å². The van der Waals surface area contributed by atoms with Gasteiger partial charge in [0.1, 0.15) is 96.1 Å². The van der Waals surface area contributed by atoms with Gasteiger partial charge in [-0.2, -0.15) is 0 Å². The number of Topliss-reactive ketones (excluding diaryl/α,β-unsaturated/α-hetero) is 3. The predicted molar refractivity (Wildman–Crippen MR) is 444 cm³/mol. The minimum Gasteiger partial charge on any atom is -0.508 e. The van der Waals surface area contributed by atoms with Crippen molar-refractivity contribution in [1.82, 2.24) is 37.2 Å². The number of aliphatic hydroxyl groups excluding tert-OH is 5. The van der Waals surface area contributed by atoms with Crippen LogP contribution in [-0.4, -0.2) is 149 Å². The minimum absolute atomic E-state index is 0.0483. The quantitative estimate of drug-likeness (QED) is 0.0379. The van der Waals surface area contributed by atoms with Gasteiger partial charge in [-0.3, -0.25) is 43.7 Å². The number of phenolic OH excluding ortho intramolecular Hbond substituents is 3. The van der Waals surface area contributed by atoms with Gasteiger partial charge in [0.05, 0.1) is 34.0 Å². The van der Waals surface area contributed by atoms with Crippen LogP contribution in [0.4, 0.5) is 9.59 Å². The molecule has 123 heavy (non-hydrogen) atoms. The molecule has 0 radical (unpaired) electrons. The molecule has 8 amide bonds. The SMILES string of the molecule is CC[C@H](CC(C)C)C(=O)N[C@H]1C(=O)C[C@@H](CC(=O)NC(=O)N[C@@H](C)c2ccccc2)C(=O)N[C@H]2C(=O)C[C@@H]3C(=O)N[C@H](C(=O)N[C@H](C(=O)CC4C5CC6CC(C5)CC4C6)c4cc(O)cc(O)c4-c4cc3ccc4O)[C@H](O)c3ccc(c(Cl)c3)Oc3cc2cc(c3O[C@@H]2O[C@H](COC(=O)N[C@@H](C)c3ccccc3)[C@@H](O)[C@H](O)[C@H]2O)Oc2ccc(cc2Cl)[C@H]1O. The molecule has 17 rings (SSSR count). The third kappa shape index (κ3) is 19.6. The van der Waals surface area contributed by atoms with Crippen molar-refractivity contribution >= 4 is 82.2 Å². The topological polar surface area (TPSA) is 463 Å². The number of alkyl carbamates (subject to hydrolysis) is 1. The smallest absolute Gasteiger partial charge is 0.407 e. The van der Waals surface area contributed by atoms with Crippen molar-refractivity contribution in [2.45, 2.75) is 190 Å². The fourth-order valence-electron chi connectivity index (χ4n) is 18.7. The zero-order chi connectivity index (χ0) is 87.7. The van der Waals surface area contributed by atoms with Gasteiger partial charge in [0.15, 0.2) is 28.8 Å². The first kappa shape index (κ1) is 88.1. The molecule has 4 saturated carbocycles. The summed E-state index contributed by atoms with van der Waals surface area (Å²) in [4.78, 5) is 152. The maximum atomic E-state index is 16.7. The summed E-state index contributed by atoms with van der Waals surface area (Å²) >= 11 is 14.5. The van der Waals surface area contributed by atoms with Gasteiger partial charge >= 0.3 is 12.1 Å². The molecule has 6 aliphatic heterocycles. The van der Waals surface area contributed by atoms with Crippen LogP contribution in [-0.2, 0) is 47.8 Å². The molecule has 0 spiro atoms. The van der Waals surface area contributed by atoms with Crippen LogP contribution in [0.5, 0.6) is 46.0 Å². The summed E-state index contributed by atoms with van der Waals surface area (Å²) in [5.41, 5.74) is -0.342. The van der Waals surface area contributed by atoms with Gasteiger partial charge in [-0.15, -0.1) is 0 Å². The van der Waals surface area contributed by atoms with Gasteiger partial charge in [0, 0.05) is 48.8 Å². The first-order chi connectivity index (χ1) is 58.7. The van der Waals surface area contributed by atoms with Crippen molar-refractivity contribution in [1.29, 1.82) is 0 Å². The number of amides is 8. The van der Waals surface area contributed by atoms with Crippen LogP contribution >= 0.6 is 23.2 Å². The van der Waals surface area contributed by atoms with Crippen molar-refractivity contribution in [2.75, 3.05) is 6.61 Å². The summed E-state index contributed by atoms with van der Waals surface area (Å²) in [6.45, 7) is 8.03. The second-order valence-electron chi connectivity index (χ2n) is 33.8. The zero-order valence-corrected chi connectivity index (χ0v) is 69.4. The number of aromatic hydroxyl groups is 3. The maximum Gasteiger partial charge on any atom is 0.407 e. The highest BCUT2D eigenvalue weighted by Gasteiger charge is 2.51. The highest BCUT2D eigenvalue weighted by molar-refractivity contribution is 6.32. The number of fused-ring (bicyclic) bond motifs is 15. The Balaban J connectivity index is 0.938. The monoisotopic (exact) mass is 1730 g/mol. The number of benzene rings is 7. The van der Waals surface area contributed by atoms with E-state index in [0.717, 1.165) is 68.5 Å². The Labute approximate surface area is 718 Å². The number of imide groups is 1. The average molecular weight is 1730 g/mol. The van der Waals surface area contributed by atoms with Gasteiger partial charge in [0.2, 0.25) is 41.6 Å². The van der Waals surface area contributed by atoms with Gasteiger partial charge < -0.3 is 96.4 Å². The Bertz CT molecular complexity index is 5190. The second kappa shape index (κ2) is 37.5. The molecule has 5 fully saturated rings. The largest absolute Gasteiger partial charge is 0.508 e. The van der Waals surface area contributed by atoms with Crippen LogP contribution in [0.25, 0.3) is 11.1 Å². The molecule has 10 aliphatic rings. The lowest BCUT2D eigenvalue weighted by Gasteiger charge is -2.54. The van der Waals surface area contributed by atoms with E-state index in [9.17, 15) is 60.0 Å². The normalized spacial score (nSPS) is 27.4. The van der Waals surface area contributed by atoms with Gasteiger partial charge in [0.25, 0.3) is 0 Å². The summed E-state index contributed by atoms with van der Waals surface area (Å²) in [6, 6.07) is 22.1. The molecular formula is C91H99Cl2N7O23. The first-order valence-corrected chi connectivity index (χ1v) is 42.2. The number of hydrogen-bond donors (Lipinski definition) is 15. The van der Waals surface area contributed by atoms with Crippen LogP contribution in [0.1, 0.15) is 186 Å². The Hall–Kier alpha value is -11.2. The van der Waals surface area contributed by atoms with Crippen LogP contribution < -0.4 is 51.4 Å². The maximum absolute atomic E-state index is 16.7. The number of carbonyl (C=O) groups is 10. The molecule has 6 heterocycles. The lowest BCUT2D eigenvalue weighted by atomic mass is 9.51. The van der Waals surface area contributed by atoms with E-state index in [-0.39, 0.29) is 91.4 Å². The van der Waals surface area contributed by atoms with E-state index in [1.54, 1.807) is 81.4 Å². The van der Waals surface area contributed by atoms with E-state index in [2.05, 4.69) is 37.2 Å². The molecule has 16 atom stereocenters. The van der Waals surface area contributed by atoms with E-state index in [1.807, 2.05) is 13.8 Å². The third-order valence-corrected chi connectivity index (χ3v) is 25.5. The molecule has 30 nitrogen and oxygen atoms in total. The molecule has 4 aliphatic carbocycles. The van der Waals surface area contributed by atoms with Crippen molar-refractivity contribution in [3.8, 4) is 57.1 Å². The zero-order valence-electron chi connectivity index (χ0n) is 67.9. The molecule has 0 aromatic heterocycles. The summed E-state index contributed by atoms with van der Waals surface area (Å²) in [5, 5.41) is 114. The number of ketones is 3. The standard InChI is InChI=1S/C91H99Cl2N7O23/c1-6-46(23-41(2)3)85(113)99-77-65(104)32-55(35-73(107)96-90(117)94-42(4)47-13-9-7-10-14-47)86(114)97-75-54-33-70(120-68-21-18-50(79(77)108)30-61(68)92)84(123-89-83(112)82(111)81(110)72(122-89)40-119-91(118)95-43(5)48-15-11-8-12-16-48)71(34-54)121-69-22-19-51(31-62(69)93)80(109)78-88(116)98-76(67(106)38-57-52-25-44-24-45(27-52)28-53(57)26-44)60-36-56(101)37-64(103)74(60)59-29-49(17-20-63(59)102)58(39-66(75)105)87(115)100-78/h7-22,29-31,33-34,36-37,41-46,52-53,55,57-58,72,75-83,89,101-103,108-112H,6,23-28,32,35,38-40H2,1-5H3,(H,95,118)(H,97,114)(H,98,116)(H,99,113)(H,100,115)(H2,94,96,107,117)/t42-,43-,44?,45?,46+,52?,53?,55-,57?,58-,72+,75+,76-,77-,78-,79+,80+,81+,82-,83+,89-/m0/s1. The number of hydrogen-bond acceptors (Lipinski definition) is 23. The predicted octanol–water partition coefficient (Wildman–Crippen LogP) is 10.8. The van der Waals surface area contributed by atoms with E-state index < -0.39 is 222 Å². The lowest BCUT2D eigenvalue weighted by molar-refractivity contribution is -0.277. The third-order valence-electron chi connectivity index (χ3n) is 24.9. The Morgan fingerprint density at radius 2 is 1.19 bits per heavy atom. The Morgan fingerprint density at radius 1 is 0.585 bits per heavy atom. The molecule has 0 unspecified atom stereocenters. The number of aliphatic hydroxyl groups is 5. The second-order valence-corrected chi connectivity index (χ2v) is 34.7. The fraction of sp³-hybridized carbons (Fsp3) is 0.429. The van der Waals surface area contributed by atoms with Gasteiger partial charge in [-0.25, -0.2) is 9.59 Å². The molecule has 650 valence electrons. The van der Waals surface area contributed by atoms with Crippen molar-refractivity contribution in [3.63, 3.8) is 0 Å². The summed E-state index contributed by atoms with van der Waals surface area (Å²) < 4.78 is 31.8. The van der Waals surface area contributed by atoms with Crippen molar-refractivity contribution in [3.05, 3.63) is 189 Å². The first-order valence-electron chi connectivity index (χ1n) is 41.4. The molecule has 32 heteroatoms. The van der Waals surface area contributed by atoms with E-state index in [1.165, 1.54) is 42.5 Å². The number of urea groups is 1. The molecule has 7 aromatic carbocycles. The van der Waals surface area contributed by atoms with E-state index in [4.69, 9.17) is 46.9 Å². The fourth-order valence-corrected chi connectivity index (χ4v) is 19.1. The van der Waals surface area contributed by atoms with E-state index in [0.29, 0.717) is 29.4 Å². The summed E-state index contributed by atoms with van der Waals surface area (Å²) in [5.74, 6) is -16.3. The number of nitrogens with one attached hydrogen (secondary N) is 7. The number of halogens is 2. The minimum atomic E-state index is -2.25. The molecular weight excluding hydrogens is 1630 g/mol. The number of carbonyl (C=O) groups excluding carboxylic acids is 10. The average Bonchev–Trinajstić information content (AvgIpc) is 0.757. The van der Waals surface area contributed by atoms with Gasteiger partial charge in [-0.05, 0) is 188 Å². The molecule has 1 saturated heterocycles. The van der Waals surface area contributed by atoms with Crippen LogP contribution in [0.3, 0.4) is 0 Å².